The number of ether oxygens (including phenoxy) is 1. The number of amides is 2. The van der Waals surface area contributed by atoms with E-state index in [9.17, 15) is 24.8 Å². The Morgan fingerprint density at radius 2 is 1.69 bits per heavy atom. The zero-order valence-corrected chi connectivity index (χ0v) is 33.2. The van der Waals surface area contributed by atoms with Crippen LogP contribution in [0.2, 0.25) is 18.6 Å². The molecule has 3 aliphatic heterocycles. The Balaban J connectivity index is 1.01. The summed E-state index contributed by atoms with van der Waals surface area (Å²) in [6.45, 7) is 5.94. The Labute approximate surface area is 335 Å². The lowest BCUT2D eigenvalue weighted by Gasteiger charge is -2.32. The second-order valence-corrected chi connectivity index (χ2v) is 20.0. The monoisotopic (exact) mass is 794 g/mol. The van der Waals surface area contributed by atoms with Gasteiger partial charge in [0.05, 0.1) is 52.7 Å². The van der Waals surface area contributed by atoms with Gasteiger partial charge >= 0.3 is 0 Å². The van der Waals surface area contributed by atoms with E-state index in [4.69, 9.17) is 4.74 Å². The van der Waals surface area contributed by atoms with Gasteiger partial charge in [0, 0.05) is 53.0 Å². The third kappa shape index (κ3) is 5.94. The number of fused-ring (bicyclic) bond motifs is 2. The van der Waals surface area contributed by atoms with Gasteiger partial charge in [-0.2, -0.15) is 0 Å². The molecule has 1 aromatic heterocycles. The summed E-state index contributed by atoms with van der Waals surface area (Å²) in [5.74, 6) is -1.33. The molecule has 1 fully saturated rings. The predicted molar refractivity (Wildman–Crippen MR) is 220 cm³/mol. The second-order valence-electron chi connectivity index (χ2n) is 16.0. The van der Waals surface area contributed by atoms with Gasteiger partial charge in [-0.15, -0.1) is 5.10 Å². The summed E-state index contributed by atoms with van der Waals surface area (Å²) < 4.78 is 8.62. The molecule has 58 heavy (non-hydrogen) atoms. The molecular formula is C44H42N6O7Si. The van der Waals surface area contributed by atoms with E-state index in [0.29, 0.717) is 41.2 Å². The van der Waals surface area contributed by atoms with Crippen LogP contribution in [0.1, 0.15) is 52.0 Å². The minimum Gasteiger partial charge on any atom is -0.432 e. The molecule has 2 N–H and O–H groups in total. The van der Waals surface area contributed by atoms with Gasteiger partial charge in [0.15, 0.2) is 13.9 Å². The van der Waals surface area contributed by atoms with E-state index in [0.717, 1.165) is 27.6 Å². The number of nitro groups is 1. The number of benzene rings is 5. The van der Waals surface area contributed by atoms with E-state index in [-0.39, 0.29) is 36.6 Å². The van der Waals surface area contributed by atoms with Crippen LogP contribution in [-0.2, 0) is 28.2 Å². The van der Waals surface area contributed by atoms with Crippen LogP contribution >= 0.6 is 0 Å². The number of hydrogen-bond acceptors (Lipinski definition) is 9. The maximum absolute atomic E-state index is 15.0. The molecule has 1 spiro atoms. The Morgan fingerprint density at radius 1 is 0.948 bits per heavy atom. The van der Waals surface area contributed by atoms with Crippen molar-refractivity contribution in [2.24, 2.45) is 5.92 Å². The fourth-order valence-corrected chi connectivity index (χ4v) is 12.2. The molecule has 6 aromatic rings. The number of anilines is 3. The fraction of sp³-hybridized carbons (Fsp3) is 0.273. The lowest BCUT2D eigenvalue weighted by molar-refractivity contribution is -0.385. The van der Waals surface area contributed by atoms with Crippen molar-refractivity contribution in [1.29, 1.82) is 0 Å². The number of aromatic nitrogens is 3. The van der Waals surface area contributed by atoms with Gasteiger partial charge in [-0.25, -0.2) is 0 Å². The summed E-state index contributed by atoms with van der Waals surface area (Å²) in [7, 11) is -3.03. The average molecular weight is 795 g/mol. The Hall–Kier alpha value is -6.06. The van der Waals surface area contributed by atoms with Crippen molar-refractivity contribution in [2.75, 3.05) is 16.4 Å². The van der Waals surface area contributed by atoms with Crippen molar-refractivity contribution in [2.45, 2.75) is 62.7 Å². The van der Waals surface area contributed by atoms with E-state index in [1.165, 1.54) is 12.1 Å². The minimum absolute atomic E-state index is 0.107. The second kappa shape index (κ2) is 14.1. The lowest BCUT2D eigenvalue weighted by atomic mass is 9.82. The van der Waals surface area contributed by atoms with Crippen molar-refractivity contribution < 1.29 is 29.2 Å². The molecule has 0 aliphatic carbocycles. The van der Waals surface area contributed by atoms with Crippen LogP contribution < -0.4 is 9.80 Å². The molecule has 4 heterocycles. The quantitative estimate of drug-likeness (QED) is 0.0785. The molecule has 13 nitrogen and oxygen atoms in total. The van der Waals surface area contributed by atoms with Crippen LogP contribution in [-0.4, -0.2) is 62.7 Å². The van der Waals surface area contributed by atoms with Gasteiger partial charge < -0.3 is 19.5 Å². The highest BCUT2D eigenvalue weighted by molar-refractivity contribution is 6.71. The van der Waals surface area contributed by atoms with Crippen molar-refractivity contribution in [3.8, 4) is 0 Å². The standard InChI is InChI=1S/C44H42N6O7Si/c1-27-41(58(2,3)56)39(21-22-47-25-36(45-46-47)34(26-51)29-9-5-4-6-10-29)57-44(27)35-23-32(50(54)55)19-20-37(35)48(43(44)53)24-28-15-17-31(18-16-28)49-38-14-8-12-30-11-7-13-33(40(30)38)42(49)52/h4-20,23,25,27,34,39,41,51,56H,21-22,24,26H2,1-3H3/t27-,34?,39+,41-,44+/m1/s1. The number of nitro benzene ring substituents is 1. The SMILES string of the molecule is C[C@@H]1[C@@H]([Si](C)(C)O)[C@H](CCn2cc(C(CO)c3ccccc3)nn2)O[C@@]12C(=O)N(Cc1ccc(N3C(=O)c4cccc5cccc3c45)cc1)c1ccc([N+](=O)[O-])cc12. The number of aliphatic hydroxyl groups is 1. The first kappa shape index (κ1) is 37.5. The van der Waals surface area contributed by atoms with Crippen LogP contribution in [0.4, 0.5) is 22.7 Å². The third-order valence-corrected chi connectivity index (χ3v) is 14.7. The van der Waals surface area contributed by atoms with E-state index in [1.54, 1.807) is 26.7 Å². The molecule has 294 valence electrons. The highest BCUT2D eigenvalue weighted by Crippen LogP contribution is 2.60. The minimum atomic E-state index is -3.03. The number of aliphatic hydroxyl groups excluding tert-OH is 1. The molecular weight excluding hydrogens is 753 g/mol. The fourth-order valence-electron chi connectivity index (χ4n) is 9.61. The maximum atomic E-state index is 15.0. The van der Waals surface area contributed by atoms with Crippen LogP contribution in [0.3, 0.4) is 0 Å². The molecule has 5 atom stereocenters. The molecule has 1 saturated heterocycles. The normalized spacial score (nSPS) is 21.7. The zero-order valence-electron chi connectivity index (χ0n) is 32.2. The Kier molecular flexibility index (Phi) is 9.11. The summed E-state index contributed by atoms with van der Waals surface area (Å²) in [6, 6.07) is 33.1. The maximum Gasteiger partial charge on any atom is 0.269 e. The van der Waals surface area contributed by atoms with E-state index in [2.05, 4.69) is 10.3 Å². The lowest BCUT2D eigenvalue weighted by Crippen LogP contribution is -2.46. The molecule has 0 saturated carbocycles. The first-order valence-electron chi connectivity index (χ1n) is 19.4. The number of hydrogen-bond donors (Lipinski definition) is 2. The van der Waals surface area contributed by atoms with Crippen molar-refractivity contribution in [3.63, 3.8) is 0 Å². The van der Waals surface area contributed by atoms with Crippen LogP contribution in [0.25, 0.3) is 10.8 Å². The third-order valence-electron chi connectivity index (χ3n) is 12.2. The molecule has 0 bridgehead atoms. The molecule has 5 aromatic carbocycles. The highest BCUT2D eigenvalue weighted by atomic mass is 28.4. The Bertz CT molecular complexity index is 2590. The number of aryl methyl sites for hydroxylation is 1. The molecule has 9 rings (SSSR count). The van der Waals surface area contributed by atoms with E-state index in [1.807, 2.05) is 111 Å². The first-order valence-corrected chi connectivity index (χ1v) is 22.4. The molecule has 14 heteroatoms. The van der Waals surface area contributed by atoms with Gasteiger partial charge in [-0.3, -0.25) is 29.3 Å². The van der Waals surface area contributed by atoms with Gasteiger partial charge in [0.25, 0.3) is 17.5 Å². The van der Waals surface area contributed by atoms with Crippen molar-refractivity contribution >= 4 is 53.7 Å². The molecule has 1 unspecified atom stereocenters. The highest BCUT2D eigenvalue weighted by Gasteiger charge is 2.66. The largest absolute Gasteiger partial charge is 0.432 e. The van der Waals surface area contributed by atoms with Gasteiger partial charge in [0.2, 0.25) is 0 Å². The zero-order chi connectivity index (χ0) is 40.5. The summed E-state index contributed by atoms with van der Waals surface area (Å²) in [5, 5.41) is 32.9. The number of non-ortho nitro benzene ring substituents is 1. The summed E-state index contributed by atoms with van der Waals surface area (Å²) >= 11 is 0. The summed E-state index contributed by atoms with van der Waals surface area (Å²) in [5.41, 5.74) is 3.24. The van der Waals surface area contributed by atoms with Crippen LogP contribution in [0.5, 0.6) is 0 Å². The van der Waals surface area contributed by atoms with Crippen molar-refractivity contribution in [1.82, 2.24) is 15.0 Å². The average Bonchev–Trinajstić information content (AvgIpc) is 3.94. The Morgan fingerprint density at radius 3 is 2.40 bits per heavy atom. The molecule has 2 amide bonds. The van der Waals surface area contributed by atoms with Gasteiger partial charge in [0.1, 0.15) is 0 Å². The van der Waals surface area contributed by atoms with Gasteiger partial charge in [-0.05, 0) is 66.4 Å². The molecule has 0 radical (unpaired) electrons. The smallest absolute Gasteiger partial charge is 0.269 e. The predicted octanol–water partition coefficient (Wildman–Crippen LogP) is 7.19. The van der Waals surface area contributed by atoms with E-state index < -0.39 is 36.4 Å². The van der Waals surface area contributed by atoms with Crippen molar-refractivity contribution in [3.05, 3.63) is 153 Å². The first-order chi connectivity index (χ1) is 27.9. The number of rotatable bonds is 11. The summed E-state index contributed by atoms with van der Waals surface area (Å²) in [6.07, 6.45) is 1.60. The van der Waals surface area contributed by atoms with Crippen LogP contribution in [0, 0.1) is 16.0 Å². The topological polar surface area (TPSA) is 164 Å². The number of nitrogens with zero attached hydrogens (tertiary/aromatic N) is 6. The number of carbonyl (C=O) groups is 2. The van der Waals surface area contributed by atoms with E-state index >= 15 is 4.79 Å². The number of carbonyl (C=O) groups excluding carboxylic acids is 2. The van der Waals surface area contributed by atoms with Gasteiger partial charge in [-0.1, -0.05) is 78.9 Å². The van der Waals surface area contributed by atoms with Crippen LogP contribution in [0.15, 0.2) is 115 Å². The summed E-state index contributed by atoms with van der Waals surface area (Å²) in [4.78, 5) is 55.4. The molecule has 3 aliphatic rings.